The summed E-state index contributed by atoms with van der Waals surface area (Å²) in [5, 5.41) is 7.21. The molecule has 1 saturated heterocycles. The molecule has 0 spiro atoms. The van der Waals surface area contributed by atoms with E-state index in [2.05, 4.69) is 41.1 Å². The molecule has 0 bridgehead atoms. The van der Waals surface area contributed by atoms with Crippen molar-refractivity contribution in [3.63, 3.8) is 0 Å². The predicted molar refractivity (Wildman–Crippen MR) is 71.9 cm³/mol. The van der Waals surface area contributed by atoms with Crippen LogP contribution in [-0.2, 0) is 11.2 Å². The van der Waals surface area contributed by atoms with Gasteiger partial charge in [-0.1, -0.05) is 5.16 Å². The van der Waals surface area contributed by atoms with Gasteiger partial charge in [-0.25, -0.2) is 0 Å². The second kappa shape index (κ2) is 6.45. The quantitative estimate of drug-likeness (QED) is 0.859. The normalized spacial score (nSPS) is 22.9. The van der Waals surface area contributed by atoms with E-state index >= 15 is 0 Å². The van der Waals surface area contributed by atoms with Gasteiger partial charge in [-0.2, -0.15) is 4.98 Å². The van der Waals surface area contributed by atoms with Crippen LogP contribution in [0.4, 0.5) is 0 Å². The molecule has 1 aromatic rings. The third-order valence-corrected chi connectivity index (χ3v) is 3.57. The zero-order chi connectivity index (χ0) is 13.8. The van der Waals surface area contributed by atoms with Crippen LogP contribution < -0.4 is 5.32 Å². The Morgan fingerprint density at radius 2 is 2.21 bits per heavy atom. The lowest BCUT2D eigenvalue weighted by Crippen LogP contribution is -2.42. The van der Waals surface area contributed by atoms with Gasteiger partial charge in [0, 0.05) is 31.6 Å². The van der Waals surface area contributed by atoms with Gasteiger partial charge >= 0.3 is 0 Å². The van der Waals surface area contributed by atoms with E-state index in [1.165, 1.54) is 0 Å². The minimum Gasteiger partial charge on any atom is -0.367 e. The van der Waals surface area contributed by atoms with E-state index < -0.39 is 0 Å². The van der Waals surface area contributed by atoms with E-state index in [-0.39, 0.29) is 6.10 Å². The fraction of sp³-hybridized carbons (Fsp3) is 0.846. The Hall–Kier alpha value is -0.980. The zero-order valence-electron chi connectivity index (χ0n) is 12.2. The highest BCUT2D eigenvalue weighted by atomic mass is 16.5. The van der Waals surface area contributed by atoms with Crippen LogP contribution in [0.2, 0.25) is 0 Å². The molecule has 1 N–H and O–H groups in total. The molecular weight excluding hydrogens is 244 g/mol. The number of aromatic nitrogens is 2. The zero-order valence-corrected chi connectivity index (χ0v) is 12.2. The maximum atomic E-state index is 5.75. The number of morpholine rings is 1. The summed E-state index contributed by atoms with van der Waals surface area (Å²) in [4.78, 5) is 6.82. The molecule has 1 fully saturated rings. The Morgan fingerprint density at radius 1 is 1.42 bits per heavy atom. The SMILES string of the molecule is CNC(C)Cc1nc(C2CN(C(C)C)CCO2)no1. The minimum absolute atomic E-state index is 0.0708. The summed E-state index contributed by atoms with van der Waals surface area (Å²) in [5.41, 5.74) is 0. The van der Waals surface area contributed by atoms with Crippen molar-refractivity contribution in [1.29, 1.82) is 0 Å². The van der Waals surface area contributed by atoms with Crippen molar-refractivity contribution in [2.75, 3.05) is 26.7 Å². The molecule has 1 aliphatic heterocycles. The van der Waals surface area contributed by atoms with E-state index in [0.717, 1.165) is 26.1 Å². The first kappa shape index (κ1) is 14.4. The van der Waals surface area contributed by atoms with Crippen molar-refractivity contribution in [3.05, 3.63) is 11.7 Å². The van der Waals surface area contributed by atoms with Crippen molar-refractivity contribution < 1.29 is 9.26 Å². The molecule has 19 heavy (non-hydrogen) atoms. The minimum atomic E-state index is -0.0708. The Balaban J connectivity index is 1.97. The Labute approximate surface area is 114 Å². The monoisotopic (exact) mass is 268 g/mol. The average Bonchev–Trinajstić information content (AvgIpc) is 2.87. The Kier molecular flexibility index (Phi) is 4.90. The predicted octanol–water partition coefficient (Wildman–Crippen LogP) is 1.00. The molecular formula is C13H24N4O2. The molecule has 0 saturated carbocycles. The Bertz CT molecular complexity index is 394. The number of nitrogens with one attached hydrogen (secondary N) is 1. The molecule has 108 valence electrons. The molecule has 1 aromatic heterocycles. The molecule has 2 rings (SSSR count). The highest BCUT2D eigenvalue weighted by molar-refractivity contribution is 4.95. The standard InChI is InChI=1S/C13H24N4O2/c1-9(2)17-5-6-18-11(8-17)13-15-12(19-16-13)7-10(3)14-4/h9-11,14H,5-8H2,1-4H3. The van der Waals surface area contributed by atoms with Crippen LogP contribution in [0.1, 0.15) is 38.6 Å². The summed E-state index contributed by atoms with van der Waals surface area (Å²) >= 11 is 0. The van der Waals surface area contributed by atoms with E-state index in [9.17, 15) is 0 Å². The lowest BCUT2D eigenvalue weighted by atomic mass is 10.2. The van der Waals surface area contributed by atoms with E-state index in [1.807, 2.05) is 7.05 Å². The van der Waals surface area contributed by atoms with Crippen LogP contribution in [0.15, 0.2) is 4.52 Å². The second-order valence-electron chi connectivity index (χ2n) is 5.39. The molecule has 2 unspecified atom stereocenters. The molecule has 0 amide bonds. The third-order valence-electron chi connectivity index (χ3n) is 3.57. The summed E-state index contributed by atoms with van der Waals surface area (Å²) in [5.74, 6) is 1.34. The van der Waals surface area contributed by atoms with Crippen LogP contribution in [-0.4, -0.2) is 53.9 Å². The maximum Gasteiger partial charge on any atom is 0.228 e. The first-order valence-corrected chi connectivity index (χ1v) is 6.95. The van der Waals surface area contributed by atoms with Crippen molar-refractivity contribution in [2.24, 2.45) is 0 Å². The van der Waals surface area contributed by atoms with Crippen molar-refractivity contribution >= 4 is 0 Å². The summed E-state index contributed by atoms with van der Waals surface area (Å²) in [6.07, 6.45) is 0.669. The van der Waals surface area contributed by atoms with Crippen molar-refractivity contribution in [1.82, 2.24) is 20.4 Å². The van der Waals surface area contributed by atoms with Gasteiger partial charge in [0.05, 0.1) is 6.61 Å². The van der Waals surface area contributed by atoms with Crippen molar-refractivity contribution in [2.45, 2.75) is 45.4 Å². The maximum absolute atomic E-state index is 5.75. The molecule has 0 aliphatic carbocycles. The van der Waals surface area contributed by atoms with Crippen LogP contribution in [0.5, 0.6) is 0 Å². The van der Waals surface area contributed by atoms with Crippen LogP contribution in [0, 0.1) is 0 Å². The fourth-order valence-electron chi connectivity index (χ4n) is 2.14. The summed E-state index contributed by atoms with van der Waals surface area (Å²) in [6, 6.07) is 0.842. The van der Waals surface area contributed by atoms with Crippen LogP contribution in [0.3, 0.4) is 0 Å². The molecule has 0 aromatic carbocycles. The molecule has 2 heterocycles. The highest BCUT2D eigenvalue weighted by Crippen LogP contribution is 2.21. The van der Waals surface area contributed by atoms with Gasteiger partial charge in [-0.05, 0) is 27.8 Å². The van der Waals surface area contributed by atoms with E-state index in [4.69, 9.17) is 9.26 Å². The molecule has 6 heteroatoms. The van der Waals surface area contributed by atoms with Gasteiger partial charge in [0.1, 0.15) is 6.10 Å². The highest BCUT2D eigenvalue weighted by Gasteiger charge is 2.27. The van der Waals surface area contributed by atoms with Gasteiger partial charge in [0.2, 0.25) is 11.7 Å². The van der Waals surface area contributed by atoms with Crippen molar-refractivity contribution in [3.8, 4) is 0 Å². The summed E-state index contributed by atoms with van der Waals surface area (Å²) in [7, 11) is 1.92. The first-order chi connectivity index (χ1) is 9.10. The molecule has 6 nitrogen and oxygen atoms in total. The number of rotatable bonds is 5. The molecule has 0 radical (unpaired) electrons. The van der Waals surface area contributed by atoms with Gasteiger partial charge in [0.25, 0.3) is 0 Å². The summed E-state index contributed by atoms with van der Waals surface area (Å²) < 4.78 is 11.0. The second-order valence-corrected chi connectivity index (χ2v) is 5.39. The van der Waals surface area contributed by atoms with Gasteiger partial charge in [-0.3, -0.25) is 4.90 Å². The molecule has 1 aliphatic rings. The number of likely N-dealkylation sites (N-methyl/N-ethyl adjacent to an activating group) is 1. The first-order valence-electron chi connectivity index (χ1n) is 6.95. The number of hydrogen-bond donors (Lipinski definition) is 1. The largest absolute Gasteiger partial charge is 0.367 e. The van der Waals surface area contributed by atoms with Crippen LogP contribution >= 0.6 is 0 Å². The smallest absolute Gasteiger partial charge is 0.228 e. The van der Waals surface area contributed by atoms with Gasteiger partial charge in [0.15, 0.2) is 0 Å². The number of hydrogen-bond acceptors (Lipinski definition) is 6. The number of nitrogens with zero attached hydrogens (tertiary/aromatic N) is 3. The third kappa shape index (κ3) is 3.75. The lowest BCUT2D eigenvalue weighted by molar-refractivity contribution is -0.0450. The summed E-state index contributed by atoms with van der Waals surface area (Å²) in [6.45, 7) is 8.99. The average molecular weight is 268 g/mol. The molecule has 2 atom stereocenters. The van der Waals surface area contributed by atoms with Gasteiger partial charge < -0.3 is 14.6 Å². The van der Waals surface area contributed by atoms with Crippen LogP contribution in [0.25, 0.3) is 0 Å². The topological polar surface area (TPSA) is 63.4 Å². The van der Waals surface area contributed by atoms with E-state index in [0.29, 0.717) is 23.8 Å². The lowest BCUT2D eigenvalue weighted by Gasteiger charge is -2.34. The fourth-order valence-corrected chi connectivity index (χ4v) is 2.14. The van der Waals surface area contributed by atoms with Gasteiger partial charge in [-0.15, -0.1) is 0 Å². The van der Waals surface area contributed by atoms with E-state index in [1.54, 1.807) is 0 Å². The number of ether oxygens (including phenoxy) is 1. The Morgan fingerprint density at radius 3 is 2.89 bits per heavy atom.